The number of ether oxygens (including phenoxy) is 1. The van der Waals surface area contributed by atoms with Gasteiger partial charge in [-0.15, -0.1) is 0 Å². The highest BCUT2D eigenvalue weighted by atomic mass is 32.2. The molecule has 1 heterocycles. The Morgan fingerprint density at radius 3 is 2.30 bits per heavy atom. The van der Waals surface area contributed by atoms with Crippen molar-refractivity contribution in [2.75, 3.05) is 32.6 Å². The molecule has 6 nitrogen and oxygen atoms in total. The predicted molar refractivity (Wildman–Crippen MR) is 103 cm³/mol. The third-order valence-electron chi connectivity index (χ3n) is 4.60. The normalized spacial score (nSPS) is 15.4. The quantitative estimate of drug-likeness (QED) is 0.817. The summed E-state index contributed by atoms with van der Waals surface area (Å²) in [5, 5.41) is 2.92. The average Bonchev–Trinajstić information content (AvgIpc) is 2.67. The molecular weight excluding hydrogens is 364 g/mol. The van der Waals surface area contributed by atoms with E-state index in [1.54, 1.807) is 0 Å². The lowest BCUT2D eigenvalue weighted by atomic mass is 10.1. The second kappa shape index (κ2) is 8.65. The summed E-state index contributed by atoms with van der Waals surface area (Å²) >= 11 is 0. The fourth-order valence-electron chi connectivity index (χ4n) is 3.02. The molecule has 144 valence electrons. The number of nitrogens with zero attached hydrogens (tertiary/aromatic N) is 1. The molecule has 0 atom stereocenters. The molecule has 0 saturated carbocycles. The summed E-state index contributed by atoms with van der Waals surface area (Å²) in [4.78, 5) is 14.9. The van der Waals surface area contributed by atoms with Gasteiger partial charge in [0.15, 0.2) is 9.84 Å². The number of amides is 1. The Hall–Kier alpha value is -2.22. The fourth-order valence-corrected chi connectivity index (χ4v) is 3.65. The summed E-state index contributed by atoms with van der Waals surface area (Å²) < 4.78 is 28.4. The van der Waals surface area contributed by atoms with Crippen molar-refractivity contribution >= 4 is 15.7 Å². The van der Waals surface area contributed by atoms with Crippen LogP contribution in [-0.2, 0) is 27.7 Å². The number of hydrogen-bond donors (Lipinski definition) is 1. The fraction of sp³-hybridized carbons (Fsp3) is 0.350. The Balaban J connectivity index is 1.63. The Kier molecular flexibility index (Phi) is 6.26. The van der Waals surface area contributed by atoms with Crippen LogP contribution in [0.3, 0.4) is 0 Å². The van der Waals surface area contributed by atoms with Crippen LogP contribution in [0.4, 0.5) is 0 Å². The van der Waals surface area contributed by atoms with Crippen molar-refractivity contribution in [3.8, 4) is 0 Å². The van der Waals surface area contributed by atoms with Gasteiger partial charge in [-0.3, -0.25) is 9.69 Å². The van der Waals surface area contributed by atoms with Crippen molar-refractivity contribution in [2.45, 2.75) is 18.0 Å². The summed E-state index contributed by atoms with van der Waals surface area (Å²) in [5.74, 6) is -0.226. The van der Waals surface area contributed by atoms with Crippen molar-refractivity contribution in [1.82, 2.24) is 10.2 Å². The van der Waals surface area contributed by atoms with Crippen molar-refractivity contribution in [1.29, 1.82) is 0 Å². The highest BCUT2D eigenvalue weighted by Gasteiger charge is 2.14. The molecule has 1 saturated heterocycles. The smallest absolute Gasteiger partial charge is 0.251 e. The Labute approximate surface area is 160 Å². The molecule has 7 heteroatoms. The van der Waals surface area contributed by atoms with Gasteiger partial charge in [0.25, 0.3) is 5.91 Å². The highest BCUT2D eigenvalue weighted by molar-refractivity contribution is 7.90. The summed E-state index contributed by atoms with van der Waals surface area (Å²) in [6.45, 7) is 4.58. The maximum absolute atomic E-state index is 12.4. The van der Waals surface area contributed by atoms with Gasteiger partial charge < -0.3 is 10.1 Å². The number of rotatable bonds is 6. The molecular formula is C20H24N2O4S. The molecule has 0 aliphatic carbocycles. The number of nitrogens with one attached hydrogen (secondary N) is 1. The number of carbonyl (C=O) groups is 1. The SMILES string of the molecule is CS(=O)(=O)c1ccc(C(=O)NCc2ccccc2CN2CCOCC2)cc1. The van der Waals surface area contributed by atoms with Gasteiger partial charge in [-0.05, 0) is 35.4 Å². The van der Waals surface area contributed by atoms with Crippen LogP contribution in [0.25, 0.3) is 0 Å². The lowest BCUT2D eigenvalue weighted by Gasteiger charge is -2.27. The van der Waals surface area contributed by atoms with Gasteiger partial charge in [-0.25, -0.2) is 8.42 Å². The van der Waals surface area contributed by atoms with E-state index in [4.69, 9.17) is 4.74 Å². The van der Waals surface area contributed by atoms with E-state index in [0.29, 0.717) is 12.1 Å². The van der Waals surface area contributed by atoms with Gasteiger partial charge in [0.1, 0.15) is 0 Å². The van der Waals surface area contributed by atoms with Crippen LogP contribution in [0, 0.1) is 0 Å². The van der Waals surface area contributed by atoms with Crippen LogP contribution in [0.5, 0.6) is 0 Å². The highest BCUT2D eigenvalue weighted by Crippen LogP contribution is 2.14. The largest absolute Gasteiger partial charge is 0.379 e. The third-order valence-corrected chi connectivity index (χ3v) is 5.73. The molecule has 0 spiro atoms. The maximum Gasteiger partial charge on any atom is 0.251 e. The first-order valence-corrected chi connectivity index (χ1v) is 10.8. The zero-order chi connectivity index (χ0) is 19.3. The van der Waals surface area contributed by atoms with E-state index in [-0.39, 0.29) is 10.8 Å². The Bertz CT molecular complexity index is 888. The summed E-state index contributed by atoms with van der Waals surface area (Å²) in [6, 6.07) is 14.0. The Morgan fingerprint density at radius 2 is 1.67 bits per heavy atom. The molecule has 1 N–H and O–H groups in total. The zero-order valence-electron chi connectivity index (χ0n) is 15.3. The minimum Gasteiger partial charge on any atom is -0.379 e. The average molecular weight is 388 g/mol. The number of hydrogen-bond acceptors (Lipinski definition) is 5. The Morgan fingerprint density at radius 1 is 1.04 bits per heavy atom. The molecule has 0 aromatic heterocycles. The van der Waals surface area contributed by atoms with Crippen LogP contribution in [-0.4, -0.2) is 51.8 Å². The maximum atomic E-state index is 12.4. The van der Waals surface area contributed by atoms with Crippen LogP contribution in [0.15, 0.2) is 53.4 Å². The standard InChI is InChI=1S/C20H24N2O4S/c1-27(24,25)19-8-6-16(7-9-19)20(23)21-14-17-4-2-3-5-18(17)15-22-10-12-26-13-11-22/h2-9H,10-15H2,1H3,(H,21,23). The van der Waals surface area contributed by atoms with Crippen LogP contribution in [0.1, 0.15) is 21.5 Å². The summed E-state index contributed by atoms with van der Waals surface area (Å²) in [7, 11) is -3.27. The minimum atomic E-state index is -3.27. The first-order valence-electron chi connectivity index (χ1n) is 8.89. The van der Waals surface area contributed by atoms with E-state index in [9.17, 15) is 13.2 Å². The predicted octanol–water partition coefficient (Wildman–Crippen LogP) is 1.85. The molecule has 27 heavy (non-hydrogen) atoms. The molecule has 2 aromatic carbocycles. The van der Waals surface area contributed by atoms with Crippen LogP contribution < -0.4 is 5.32 Å². The van der Waals surface area contributed by atoms with E-state index in [1.807, 2.05) is 18.2 Å². The second-order valence-corrected chi connectivity index (χ2v) is 8.65. The van der Waals surface area contributed by atoms with Crippen LogP contribution in [0.2, 0.25) is 0 Å². The van der Waals surface area contributed by atoms with Gasteiger partial charge in [0.2, 0.25) is 0 Å². The molecule has 1 fully saturated rings. The van der Waals surface area contributed by atoms with E-state index in [1.165, 1.54) is 29.8 Å². The topological polar surface area (TPSA) is 75.7 Å². The van der Waals surface area contributed by atoms with Gasteiger partial charge in [-0.2, -0.15) is 0 Å². The lowest BCUT2D eigenvalue weighted by molar-refractivity contribution is 0.0340. The number of benzene rings is 2. The van der Waals surface area contributed by atoms with Gasteiger partial charge >= 0.3 is 0 Å². The lowest BCUT2D eigenvalue weighted by Crippen LogP contribution is -2.36. The van der Waals surface area contributed by atoms with Crippen molar-refractivity contribution in [2.24, 2.45) is 0 Å². The molecule has 0 bridgehead atoms. The molecule has 1 aliphatic rings. The monoisotopic (exact) mass is 388 g/mol. The molecule has 3 rings (SSSR count). The molecule has 0 unspecified atom stereocenters. The van der Waals surface area contributed by atoms with Gasteiger partial charge in [-0.1, -0.05) is 24.3 Å². The number of sulfone groups is 1. The number of carbonyl (C=O) groups excluding carboxylic acids is 1. The van der Waals surface area contributed by atoms with E-state index >= 15 is 0 Å². The van der Waals surface area contributed by atoms with Crippen molar-refractivity contribution in [3.63, 3.8) is 0 Å². The number of morpholine rings is 1. The zero-order valence-corrected chi connectivity index (χ0v) is 16.2. The van der Waals surface area contributed by atoms with Gasteiger partial charge in [0.05, 0.1) is 18.1 Å². The summed E-state index contributed by atoms with van der Waals surface area (Å²) in [6.07, 6.45) is 1.15. The first kappa shape index (κ1) is 19.5. The molecule has 1 amide bonds. The third kappa shape index (κ3) is 5.38. The minimum absolute atomic E-state index is 0.204. The van der Waals surface area contributed by atoms with E-state index in [0.717, 1.165) is 44.7 Å². The second-order valence-electron chi connectivity index (χ2n) is 6.64. The summed E-state index contributed by atoms with van der Waals surface area (Å²) in [5.41, 5.74) is 2.70. The molecule has 1 aliphatic heterocycles. The molecule has 0 radical (unpaired) electrons. The molecule has 2 aromatic rings. The van der Waals surface area contributed by atoms with Gasteiger partial charge in [0, 0.05) is 38.0 Å². The van der Waals surface area contributed by atoms with Crippen molar-refractivity contribution < 1.29 is 17.9 Å². The van der Waals surface area contributed by atoms with E-state index in [2.05, 4.69) is 16.3 Å². The van der Waals surface area contributed by atoms with Crippen LogP contribution >= 0.6 is 0 Å². The first-order chi connectivity index (χ1) is 12.9. The van der Waals surface area contributed by atoms with E-state index < -0.39 is 9.84 Å². The van der Waals surface area contributed by atoms with Crippen molar-refractivity contribution in [3.05, 3.63) is 65.2 Å².